The van der Waals surface area contributed by atoms with E-state index in [1.165, 1.54) is 72.0 Å². The molecule has 79 heavy (non-hydrogen) atoms. The molecule has 4 aromatic heterocycles. The van der Waals surface area contributed by atoms with Crippen LogP contribution in [0.3, 0.4) is 0 Å². The van der Waals surface area contributed by atoms with Gasteiger partial charge in [0.15, 0.2) is 0 Å². The second-order valence-corrected chi connectivity index (χ2v) is 20.6. The zero-order valence-corrected chi connectivity index (χ0v) is 43.1. The summed E-state index contributed by atoms with van der Waals surface area (Å²) in [7, 11) is 0. The monoisotopic (exact) mass is 1010 g/mol. The Labute approximate surface area is 456 Å². The van der Waals surface area contributed by atoms with Crippen LogP contribution in [0.5, 0.6) is 11.5 Å². The number of benzene rings is 10. The first kappa shape index (κ1) is 44.8. The van der Waals surface area contributed by atoms with Crippen LogP contribution in [0.15, 0.2) is 261 Å². The molecule has 0 aliphatic carbocycles. The molecule has 0 radical (unpaired) electrons. The van der Waals surface area contributed by atoms with Crippen molar-refractivity contribution in [1.82, 2.24) is 19.1 Å². The number of para-hydroxylation sites is 5. The fourth-order valence-electron chi connectivity index (χ4n) is 12.8. The molecular formula is C72H48N6O. The van der Waals surface area contributed by atoms with Crippen molar-refractivity contribution in [2.45, 2.75) is 6.92 Å². The average molecular weight is 1010 g/mol. The number of rotatable bonds is 8. The lowest BCUT2D eigenvalue weighted by Gasteiger charge is -2.27. The number of aromatic nitrogens is 4. The molecule has 0 bridgehead atoms. The molecular weight excluding hydrogens is 965 g/mol. The Morgan fingerprint density at radius 2 is 1.04 bits per heavy atom. The summed E-state index contributed by atoms with van der Waals surface area (Å²) < 4.78 is 11.9. The van der Waals surface area contributed by atoms with Crippen LogP contribution >= 0.6 is 0 Å². The largest absolute Gasteiger partial charge is 0.457 e. The lowest BCUT2D eigenvalue weighted by atomic mass is 9.91. The molecule has 16 rings (SSSR count). The highest BCUT2D eigenvalue weighted by atomic mass is 16.5. The smallest absolute Gasteiger partial charge is 0.137 e. The number of anilines is 4. The molecule has 0 spiro atoms. The first-order valence-electron chi connectivity index (χ1n) is 26.9. The first-order valence-corrected chi connectivity index (χ1v) is 26.9. The normalized spacial score (nSPS) is 12.5. The number of fused-ring (bicyclic) bond motifs is 13. The predicted molar refractivity (Wildman–Crippen MR) is 325 cm³/mol. The van der Waals surface area contributed by atoms with E-state index in [0.29, 0.717) is 6.67 Å². The van der Waals surface area contributed by atoms with Crippen LogP contribution in [0.2, 0.25) is 0 Å². The van der Waals surface area contributed by atoms with Gasteiger partial charge < -0.3 is 19.1 Å². The number of pyridine rings is 2. The summed E-state index contributed by atoms with van der Waals surface area (Å²) in [5, 5.41) is 4.75. The second-order valence-electron chi connectivity index (χ2n) is 20.6. The third-order valence-corrected chi connectivity index (χ3v) is 16.2. The molecule has 0 amide bonds. The van der Waals surface area contributed by atoms with Crippen LogP contribution in [-0.4, -0.2) is 25.8 Å². The summed E-state index contributed by atoms with van der Waals surface area (Å²) in [5.41, 5.74) is 22.9. The molecule has 2 aliphatic heterocycles. The van der Waals surface area contributed by atoms with E-state index in [2.05, 4.69) is 261 Å². The van der Waals surface area contributed by atoms with E-state index >= 15 is 0 Å². The van der Waals surface area contributed by atoms with E-state index in [4.69, 9.17) is 9.72 Å². The average Bonchev–Trinajstić information content (AvgIpc) is 4.29. The van der Waals surface area contributed by atoms with Crippen molar-refractivity contribution in [3.8, 4) is 78.6 Å². The lowest BCUT2D eigenvalue weighted by molar-refractivity contribution is 0.483. The predicted octanol–water partition coefficient (Wildman–Crippen LogP) is 18.7. The van der Waals surface area contributed by atoms with Gasteiger partial charge in [0.25, 0.3) is 0 Å². The molecule has 0 saturated heterocycles. The minimum absolute atomic E-state index is 0.605. The van der Waals surface area contributed by atoms with Crippen LogP contribution in [0.1, 0.15) is 5.56 Å². The van der Waals surface area contributed by atoms with E-state index in [1.807, 2.05) is 30.7 Å². The van der Waals surface area contributed by atoms with Gasteiger partial charge in [-0.15, -0.1) is 0 Å². The number of ether oxygens (including phenoxy) is 1. The van der Waals surface area contributed by atoms with E-state index in [1.54, 1.807) is 0 Å². The first-order chi connectivity index (χ1) is 39.1. The minimum Gasteiger partial charge on any atom is -0.457 e. The molecule has 372 valence electrons. The zero-order chi connectivity index (χ0) is 52.1. The van der Waals surface area contributed by atoms with Crippen molar-refractivity contribution < 1.29 is 4.74 Å². The number of hydrogen-bond donors (Lipinski definition) is 0. The highest BCUT2D eigenvalue weighted by molar-refractivity contribution is 6.23. The fraction of sp³-hybridized carbons (Fsp3) is 0.0278. The maximum Gasteiger partial charge on any atom is 0.137 e. The van der Waals surface area contributed by atoms with Crippen LogP contribution in [-0.2, 0) is 0 Å². The van der Waals surface area contributed by atoms with Gasteiger partial charge in [-0.3, -0.25) is 9.55 Å². The minimum atomic E-state index is 0.605. The van der Waals surface area contributed by atoms with Gasteiger partial charge in [0.2, 0.25) is 0 Å². The summed E-state index contributed by atoms with van der Waals surface area (Å²) >= 11 is 0. The van der Waals surface area contributed by atoms with Gasteiger partial charge >= 0.3 is 0 Å². The maximum atomic E-state index is 7.05. The topological polar surface area (TPSA) is 51.4 Å². The summed E-state index contributed by atoms with van der Waals surface area (Å²) in [6.45, 7) is 2.77. The lowest BCUT2D eigenvalue weighted by Crippen LogP contribution is -2.24. The summed E-state index contributed by atoms with van der Waals surface area (Å²) in [6.07, 6.45) is 5.67. The van der Waals surface area contributed by atoms with E-state index in [0.717, 1.165) is 78.6 Å². The van der Waals surface area contributed by atoms with Gasteiger partial charge in [0, 0.05) is 85.8 Å². The zero-order valence-electron chi connectivity index (χ0n) is 43.1. The van der Waals surface area contributed by atoms with Crippen molar-refractivity contribution in [2.75, 3.05) is 16.5 Å². The Morgan fingerprint density at radius 3 is 1.82 bits per heavy atom. The van der Waals surface area contributed by atoms with Crippen molar-refractivity contribution in [1.29, 1.82) is 0 Å². The van der Waals surface area contributed by atoms with Gasteiger partial charge in [-0.25, -0.2) is 4.98 Å². The van der Waals surface area contributed by atoms with Gasteiger partial charge in [0.05, 0.1) is 44.8 Å². The van der Waals surface area contributed by atoms with Crippen LogP contribution < -0.4 is 14.5 Å². The van der Waals surface area contributed by atoms with Crippen molar-refractivity contribution in [3.05, 3.63) is 267 Å². The molecule has 0 fully saturated rings. The molecule has 7 heteroatoms. The van der Waals surface area contributed by atoms with Crippen molar-refractivity contribution in [2.24, 2.45) is 0 Å². The standard InChI is InChI=1S/C72H48N6O/c1-46-41-68(74-44-61(46)49-37-39-73-40-38-49)77-65-35-36-66-69(57-25-9-8-23-55(57)58-28-16-29-59-56-24-10-11-30-62(56)78(66)72(58)59)70(65)60-34-33-52(43-67(60)77)79-51-22-14-21-50(42-51)75-45-76(64-32-13-12-31-63(64)75)71-53(47-17-4-2-5-18-47)26-15-27-54(71)48-19-6-3-7-20-48/h2-44H,45H2,1H3. The molecule has 10 aromatic carbocycles. The third kappa shape index (κ3) is 6.99. The van der Waals surface area contributed by atoms with Gasteiger partial charge in [-0.05, 0) is 113 Å². The molecule has 6 heterocycles. The molecule has 14 aromatic rings. The molecule has 2 aliphatic rings. The quantitative estimate of drug-likeness (QED) is 0.152. The molecule has 0 atom stereocenters. The van der Waals surface area contributed by atoms with Gasteiger partial charge in [0.1, 0.15) is 24.0 Å². The summed E-state index contributed by atoms with van der Waals surface area (Å²) in [4.78, 5) is 14.4. The Hall–Kier alpha value is -10.5. The molecule has 0 N–H and O–H groups in total. The highest BCUT2D eigenvalue weighted by Crippen LogP contribution is 2.53. The van der Waals surface area contributed by atoms with Gasteiger partial charge in [-0.2, -0.15) is 0 Å². The van der Waals surface area contributed by atoms with E-state index in [9.17, 15) is 0 Å². The molecule has 0 unspecified atom stereocenters. The van der Waals surface area contributed by atoms with Crippen molar-refractivity contribution in [3.63, 3.8) is 0 Å². The number of aryl methyl sites for hydroxylation is 1. The molecule has 7 nitrogen and oxygen atoms in total. The summed E-state index contributed by atoms with van der Waals surface area (Å²) in [6, 6.07) is 87.3. The Bertz CT molecular complexity index is 4700. The second kappa shape index (κ2) is 17.8. The third-order valence-electron chi connectivity index (χ3n) is 16.2. The molecule has 0 saturated carbocycles. The van der Waals surface area contributed by atoms with Crippen LogP contribution in [0, 0.1) is 6.92 Å². The van der Waals surface area contributed by atoms with E-state index in [-0.39, 0.29) is 0 Å². The Balaban J connectivity index is 0.848. The summed E-state index contributed by atoms with van der Waals surface area (Å²) in [5.74, 6) is 2.29. The fourth-order valence-corrected chi connectivity index (χ4v) is 12.8. The Morgan fingerprint density at radius 1 is 0.405 bits per heavy atom. The SMILES string of the molecule is Cc1cc(-n2c3cc(Oc4cccc(N5CN(c6c(-c7ccccc7)cccc6-c6ccccc6)c6ccccc65)c4)ccc3c3c4c(ccc32)-n2c3ccccc3c3cccc(c32)-c2ccccc2-4)ncc1-c1ccncc1. The van der Waals surface area contributed by atoms with Crippen LogP contribution in [0.4, 0.5) is 22.7 Å². The van der Waals surface area contributed by atoms with Crippen LogP contribution in [0.25, 0.3) is 111 Å². The van der Waals surface area contributed by atoms with Gasteiger partial charge in [-0.1, -0.05) is 158 Å². The van der Waals surface area contributed by atoms with E-state index < -0.39 is 0 Å². The van der Waals surface area contributed by atoms with Crippen molar-refractivity contribution >= 4 is 66.4 Å². The Kier molecular flexibility index (Phi) is 10.1. The highest BCUT2D eigenvalue weighted by Gasteiger charge is 2.32. The maximum absolute atomic E-state index is 7.05. The number of nitrogens with zero attached hydrogens (tertiary/aromatic N) is 6. The number of hydrogen-bond acceptors (Lipinski definition) is 5.